The van der Waals surface area contributed by atoms with E-state index in [0.29, 0.717) is 0 Å². The lowest BCUT2D eigenvalue weighted by atomic mass is 10.1. The molecule has 0 atom stereocenters. The van der Waals surface area contributed by atoms with Crippen LogP contribution < -0.4 is 24.0 Å². The lowest BCUT2D eigenvalue weighted by Gasteiger charge is -2.18. The van der Waals surface area contributed by atoms with Gasteiger partial charge in [-0.2, -0.15) is 0 Å². The Kier molecular flexibility index (Phi) is 23.4. The summed E-state index contributed by atoms with van der Waals surface area (Å²) >= 11 is 0. The fourth-order valence-corrected chi connectivity index (χ4v) is 5.84. The van der Waals surface area contributed by atoms with E-state index >= 15 is 0 Å². The van der Waals surface area contributed by atoms with Crippen molar-refractivity contribution in [1.82, 2.24) is 0 Å². The van der Waals surface area contributed by atoms with Gasteiger partial charge < -0.3 is 24.0 Å². The molecular formula is C22H48IP. The Morgan fingerprint density at radius 2 is 0.667 bits per heavy atom. The van der Waals surface area contributed by atoms with Crippen LogP contribution in [0.5, 0.6) is 0 Å². The molecule has 0 rings (SSSR count). The van der Waals surface area contributed by atoms with Crippen molar-refractivity contribution in [3.63, 3.8) is 0 Å². The van der Waals surface area contributed by atoms with E-state index in [4.69, 9.17) is 0 Å². The van der Waals surface area contributed by atoms with E-state index in [0.717, 1.165) is 0 Å². The number of hydrogen-bond acceptors (Lipinski definition) is 0. The van der Waals surface area contributed by atoms with E-state index in [1.807, 2.05) is 0 Å². The molecule has 2 heteroatoms. The highest BCUT2D eigenvalue weighted by Gasteiger charge is 2.23. The quantitative estimate of drug-likeness (QED) is 0.140. The van der Waals surface area contributed by atoms with Gasteiger partial charge in [-0.3, -0.25) is 0 Å². The van der Waals surface area contributed by atoms with Gasteiger partial charge in [0.1, 0.15) is 0 Å². The molecule has 0 nitrogen and oxygen atoms in total. The molecule has 0 spiro atoms. The predicted octanol–water partition coefficient (Wildman–Crippen LogP) is 5.55. The molecule has 0 unspecified atom stereocenters. The summed E-state index contributed by atoms with van der Waals surface area (Å²) in [6.07, 6.45) is 26.6. The summed E-state index contributed by atoms with van der Waals surface area (Å²) in [5, 5.41) is 0. The molecule has 24 heavy (non-hydrogen) atoms. The predicted molar refractivity (Wildman–Crippen MR) is 114 cm³/mol. The second-order valence-electron chi connectivity index (χ2n) is 8.33. The molecule has 0 aromatic rings. The van der Waals surface area contributed by atoms with Crippen LogP contribution >= 0.6 is 7.26 Å². The topological polar surface area (TPSA) is 0 Å². The van der Waals surface area contributed by atoms with E-state index in [9.17, 15) is 0 Å². The molecule has 0 heterocycles. The Hall–Kier alpha value is 1.16. The minimum Gasteiger partial charge on any atom is -1.00 e. The molecular weight excluding hydrogens is 422 g/mol. The fraction of sp³-hybridized carbons (Fsp3) is 1.00. The SMILES string of the molecule is CCCCCCCCCC[P+](C)(C)CCCCCCCCCC.[I-]. The molecule has 0 aliphatic heterocycles. The van der Waals surface area contributed by atoms with Crippen LogP contribution in [0, 0.1) is 0 Å². The molecule has 0 fully saturated rings. The molecule has 0 saturated carbocycles. The van der Waals surface area contributed by atoms with Gasteiger partial charge in [0, 0.05) is 20.6 Å². The van der Waals surface area contributed by atoms with Crippen molar-refractivity contribution in [2.24, 2.45) is 0 Å². The van der Waals surface area contributed by atoms with Gasteiger partial charge in [0.05, 0.1) is 12.3 Å². The summed E-state index contributed by atoms with van der Waals surface area (Å²) in [5.41, 5.74) is 0. The number of unbranched alkanes of at least 4 members (excludes halogenated alkanes) is 14. The molecule has 0 N–H and O–H groups in total. The van der Waals surface area contributed by atoms with Crippen LogP contribution in [0.4, 0.5) is 0 Å². The molecule has 0 aromatic carbocycles. The largest absolute Gasteiger partial charge is 1.00 e. The first kappa shape index (κ1) is 27.4. The second-order valence-corrected chi connectivity index (χ2v) is 13.1. The van der Waals surface area contributed by atoms with E-state index in [1.54, 1.807) is 12.3 Å². The lowest BCUT2D eigenvalue weighted by molar-refractivity contribution is -0.00000541. The van der Waals surface area contributed by atoms with Crippen LogP contribution in [0.3, 0.4) is 0 Å². The van der Waals surface area contributed by atoms with Crippen LogP contribution in [0.15, 0.2) is 0 Å². The van der Waals surface area contributed by atoms with Crippen molar-refractivity contribution in [2.45, 2.75) is 117 Å². The number of hydrogen-bond donors (Lipinski definition) is 0. The van der Waals surface area contributed by atoms with Gasteiger partial charge in [-0.1, -0.05) is 90.9 Å². The molecule has 0 aromatic heterocycles. The number of rotatable bonds is 18. The molecule has 0 amide bonds. The smallest absolute Gasteiger partial charge is 0.0589 e. The van der Waals surface area contributed by atoms with Crippen molar-refractivity contribution in [3.8, 4) is 0 Å². The van der Waals surface area contributed by atoms with E-state index in [-0.39, 0.29) is 24.0 Å². The molecule has 0 bridgehead atoms. The van der Waals surface area contributed by atoms with Gasteiger partial charge in [-0.15, -0.1) is 0 Å². The maximum Gasteiger partial charge on any atom is 0.0589 e. The summed E-state index contributed by atoms with van der Waals surface area (Å²) in [6, 6.07) is 0. The van der Waals surface area contributed by atoms with Crippen LogP contribution in [-0.4, -0.2) is 25.7 Å². The highest BCUT2D eigenvalue weighted by atomic mass is 127. The lowest BCUT2D eigenvalue weighted by Crippen LogP contribution is -3.00. The average Bonchev–Trinajstić information content (AvgIpc) is 2.52. The standard InChI is InChI=1S/C22H48P.HI/c1-5-7-9-11-13-15-17-19-21-23(3,4)22-20-18-16-14-12-10-8-6-2;/h5-22H2,1-4H3;1H/q+1;/p-1. The maximum absolute atomic E-state index is 2.61. The third-order valence-electron chi connectivity index (χ3n) is 5.23. The Labute approximate surface area is 173 Å². The molecule has 148 valence electrons. The highest BCUT2D eigenvalue weighted by Crippen LogP contribution is 2.52. The van der Waals surface area contributed by atoms with Crippen LogP contribution in [0.1, 0.15) is 117 Å². The maximum atomic E-state index is 2.61. The summed E-state index contributed by atoms with van der Waals surface area (Å²) in [4.78, 5) is 0. The zero-order valence-electron chi connectivity index (χ0n) is 17.6. The summed E-state index contributed by atoms with van der Waals surface area (Å²) < 4.78 is 0. The van der Waals surface area contributed by atoms with Crippen LogP contribution in [0.25, 0.3) is 0 Å². The first-order valence-corrected chi connectivity index (χ1v) is 14.0. The third-order valence-corrected chi connectivity index (χ3v) is 8.29. The van der Waals surface area contributed by atoms with Gasteiger partial charge in [0.25, 0.3) is 0 Å². The normalized spacial score (nSPS) is 11.5. The molecule has 0 aliphatic carbocycles. The Bertz CT molecular complexity index is 206. The van der Waals surface area contributed by atoms with Crippen molar-refractivity contribution < 1.29 is 24.0 Å². The molecule has 0 saturated heterocycles. The van der Waals surface area contributed by atoms with Crippen molar-refractivity contribution >= 4 is 7.26 Å². The number of halogens is 1. The zero-order chi connectivity index (χ0) is 17.2. The molecule has 0 aliphatic rings. The minimum absolute atomic E-state index is 0. The summed E-state index contributed by atoms with van der Waals surface area (Å²) in [6.45, 7) is 9.82. The van der Waals surface area contributed by atoms with Gasteiger partial charge in [-0.25, -0.2) is 0 Å². The van der Waals surface area contributed by atoms with Crippen molar-refractivity contribution in [3.05, 3.63) is 0 Å². The van der Waals surface area contributed by atoms with E-state index in [1.165, 1.54) is 103 Å². The fourth-order valence-electron chi connectivity index (χ4n) is 3.46. The van der Waals surface area contributed by atoms with E-state index in [2.05, 4.69) is 27.2 Å². The average molecular weight is 471 g/mol. The second kappa shape index (κ2) is 20.5. The van der Waals surface area contributed by atoms with E-state index < -0.39 is 7.26 Å². The summed E-state index contributed by atoms with van der Waals surface area (Å²) in [5.74, 6) is 0. The first-order valence-electron chi connectivity index (χ1n) is 10.9. The zero-order valence-corrected chi connectivity index (χ0v) is 20.6. The Morgan fingerprint density at radius 1 is 0.417 bits per heavy atom. The van der Waals surface area contributed by atoms with Crippen LogP contribution in [-0.2, 0) is 0 Å². The Morgan fingerprint density at radius 3 is 0.958 bits per heavy atom. The molecule has 0 radical (unpaired) electrons. The first-order chi connectivity index (χ1) is 11.1. The minimum atomic E-state index is -0.575. The van der Waals surface area contributed by atoms with Gasteiger partial charge in [0.2, 0.25) is 0 Å². The third kappa shape index (κ3) is 21.2. The van der Waals surface area contributed by atoms with Crippen LogP contribution in [0.2, 0.25) is 0 Å². The van der Waals surface area contributed by atoms with Crippen molar-refractivity contribution in [2.75, 3.05) is 25.7 Å². The Balaban J connectivity index is 0. The monoisotopic (exact) mass is 470 g/mol. The highest BCUT2D eigenvalue weighted by molar-refractivity contribution is 7.74. The van der Waals surface area contributed by atoms with Gasteiger partial charge in [-0.05, 0) is 25.7 Å². The van der Waals surface area contributed by atoms with Gasteiger partial charge in [0.15, 0.2) is 0 Å². The van der Waals surface area contributed by atoms with Crippen molar-refractivity contribution in [1.29, 1.82) is 0 Å². The summed E-state index contributed by atoms with van der Waals surface area (Å²) in [7, 11) is -0.575. The van der Waals surface area contributed by atoms with Gasteiger partial charge >= 0.3 is 0 Å².